The Labute approximate surface area is 127 Å². The molecule has 1 aliphatic heterocycles. The highest BCUT2D eigenvalue weighted by Gasteiger charge is 2.20. The third-order valence-corrected chi connectivity index (χ3v) is 3.91. The number of imidazole rings is 1. The lowest BCUT2D eigenvalue weighted by atomic mass is 10.0. The maximum Gasteiger partial charge on any atom is 0.135 e. The van der Waals surface area contributed by atoms with E-state index in [0.717, 1.165) is 34.0 Å². The molecule has 0 amide bonds. The first-order chi connectivity index (χ1) is 10.7. The molecule has 0 unspecified atom stereocenters. The molecule has 0 fully saturated rings. The van der Waals surface area contributed by atoms with E-state index in [9.17, 15) is 4.39 Å². The van der Waals surface area contributed by atoms with Crippen molar-refractivity contribution in [3.05, 3.63) is 83.2 Å². The normalized spacial score (nSPS) is 13.1. The van der Waals surface area contributed by atoms with Crippen molar-refractivity contribution < 1.29 is 4.39 Å². The van der Waals surface area contributed by atoms with E-state index in [1.54, 1.807) is 12.1 Å². The standard InChI is InChI=1S/C18H14FN3/c1-12-10-20-17-11-21-18(13-6-8-14(19)9-7-13)15-4-2-3-5-16(15)22(12)17/h2-10H,11H2,1H3. The minimum atomic E-state index is -0.241. The predicted octanol–water partition coefficient (Wildman–Crippen LogP) is 3.67. The van der Waals surface area contributed by atoms with Gasteiger partial charge in [-0.2, -0.15) is 0 Å². The van der Waals surface area contributed by atoms with Crippen molar-refractivity contribution in [3.63, 3.8) is 0 Å². The lowest BCUT2D eigenvalue weighted by molar-refractivity contribution is 0.628. The van der Waals surface area contributed by atoms with Crippen LogP contribution in [0.4, 0.5) is 4.39 Å². The predicted molar refractivity (Wildman–Crippen MR) is 84.0 cm³/mol. The molecule has 2 aromatic carbocycles. The number of fused-ring (bicyclic) bond motifs is 3. The highest BCUT2D eigenvalue weighted by atomic mass is 19.1. The maximum absolute atomic E-state index is 13.2. The van der Waals surface area contributed by atoms with E-state index in [1.165, 1.54) is 12.1 Å². The number of aromatic nitrogens is 2. The lowest BCUT2D eigenvalue weighted by Gasteiger charge is -2.12. The van der Waals surface area contributed by atoms with Gasteiger partial charge in [0.2, 0.25) is 0 Å². The highest BCUT2D eigenvalue weighted by Crippen LogP contribution is 2.26. The summed E-state index contributed by atoms with van der Waals surface area (Å²) in [5, 5.41) is 0. The van der Waals surface area contributed by atoms with Crippen molar-refractivity contribution >= 4 is 5.71 Å². The molecule has 108 valence electrons. The zero-order valence-electron chi connectivity index (χ0n) is 12.1. The van der Waals surface area contributed by atoms with E-state index in [0.29, 0.717) is 6.54 Å². The van der Waals surface area contributed by atoms with Crippen molar-refractivity contribution in [2.45, 2.75) is 13.5 Å². The highest BCUT2D eigenvalue weighted by molar-refractivity contribution is 6.15. The van der Waals surface area contributed by atoms with E-state index in [4.69, 9.17) is 4.99 Å². The van der Waals surface area contributed by atoms with Crippen LogP contribution in [0.1, 0.15) is 22.6 Å². The van der Waals surface area contributed by atoms with Gasteiger partial charge in [0.15, 0.2) is 0 Å². The van der Waals surface area contributed by atoms with Crippen LogP contribution in [0.15, 0.2) is 59.7 Å². The molecule has 1 aromatic heterocycles. The van der Waals surface area contributed by atoms with Gasteiger partial charge in [-0.25, -0.2) is 9.37 Å². The molecule has 0 spiro atoms. The minimum Gasteiger partial charge on any atom is -0.299 e. The average molecular weight is 291 g/mol. The summed E-state index contributed by atoms with van der Waals surface area (Å²) in [5.41, 5.74) is 4.97. The van der Waals surface area contributed by atoms with Crippen molar-refractivity contribution in [2.24, 2.45) is 4.99 Å². The number of halogens is 1. The smallest absolute Gasteiger partial charge is 0.135 e. The topological polar surface area (TPSA) is 30.2 Å². The second kappa shape index (κ2) is 4.91. The Morgan fingerprint density at radius 2 is 1.82 bits per heavy atom. The molecular formula is C18H14FN3. The van der Waals surface area contributed by atoms with Gasteiger partial charge in [0, 0.05) is 23.0 Å². The maximum atomic E-state index is 13.2. The SMILES string of the molecule is Cc1cnc2n1-c1ccccc1C(c1ccc(F)cc1)=NC2. The van der Waals surface area contributed by atoms with Crippen LogP contribution in [0, 0.1) is 12.7 Å². The zero-order chi connectivity index (χ0) is 15.1. The molecule has 0 atom stereocenters. The molecule has 0 aliphatic carbocycles. The fourth-order valence-electron chi connectivity index (χ4n) is 2.89. The van der Waals surface area contributed by atoms with E-state index in [2.05, 4.69) is 15.6 Å². The Morgan fingerprint density at radius 3 is 2.64 bits per heavy atom. The number of aliphatic imine (C=N–C) groups is 1. The molecule has 1 aliphatic rings. The van der Waals surface area contributed by atoms with Crippen molar-refractivity contribution in [2.75, 3.05) is 0 Å². The van der Waals surface area contributed by atoms with E-state index in [1.807, 2.05) is 31.3 Å². The quantitative estimate of drug-likeness (QED) is 0.673. The number of hydrogen-bond donors (Lipinski definition) is 0. The van der Waals surface area contributed by atoms with Crippen molar-refractivity contribution in [1.29, 1.82) is 0 Å². The van der Waals surface area contributed by atoms with Gasteiger partial charge < -0.3 is 0 Å². The summed E-state index contributed by atoms with van der Waals surface area (Å²) in [6, 6.07) is 14.6. The molecular weight excluding hydrogens is 277 g/mol. The number of benzene rings is 2. The molecule has 4 rings (SSSR count). The van der Waals surface area contributed by atoms with E-state index in [-0.39, 0.29) is 5.82 Å². The number of para-hydroxylation sites is 1. The third-order valence-electron chi connectivity index (χ3n) is 3.91. The van der Waals surface area contributed by atoms with Gasteiger partial charge >= 0.3 is 0 Å². The van der Waals surface area contributed by atoms with Gasteiger partial charge in [-0.1, -0.05) is 18.2 Å². The molecule has 0 saturated heterocycles. The Balaban J connectivity index is 1.96. The lowest BCUT2D eigenvalue weighted by Crippen LogP contribution is -2.07. The van der Waals surface area contributed by atoms with Gasteiger partial charge in [-0.3, -0.25) is 9.56 Å². The molecule has 3 aromatic rings. The van der Waals surface area contributed by atoms with Crippen molar-refractivity contribution in [3.8, 4) is 5.69 Å². The van der Waals surface area contributed by atoms with Crippen LogP contribution in [-0.4, -0.2) is 15.3 Å². The summed E-state index contributed by atoms with van der Waals surface area (Å²) in [6.07, 6.45) is 1.87. The van der Waals surface area contributed by atoms with Gasteiger partial charge in [-0.15, -0.1) is 0 Å². The van der Waals surface area contributed by atoms with Gasteiger partial charge in [-0.05, 0) is 37.3 Å². The molecule has 3 nitrogen and oxygen atoms in total. The molecule has 2 heterocycles. The fourth-order valence-corrected chi connectivity index (χ4v) is 2.89. The van der Waals surface area contributed by atoms with Crippen LogP contribution in [0.25, 0.3) is 5.69 Å². The third kappa shape index (κ3) is 1.96. The molecule has 0 bridgehead atoms. The van der Waals surface area contributed by atoms with E-state index >= 15 is 0 Å². The molecule has 4 heteroatoms. The fraction of sp³-hybridized carbons (Fsp3) is 0.111. The van der Waals surface area contributed by atoms with Crippen LogP contribution < -0.4 is 0 Å². The first kappa shape index (κ1) is 13.0. The molecule has 22 heavy (non-hydrogen) atoms. The summed E-state index contributed by atoms with van der Waals surface area (Å²) in [6.45, 7) is 2.55. The number of aryl methyl sites for hydroxylation is 1. The Morgan fingerprint density at radius 1 is 1.05 bits per heavy atom. The van der Waals surface area contributed by atoms with E-state index < -0.39 is 0 Å². The second-order valence-corrected chi connectivity index (χ2v) is 5.34. The van der Waals surface area contributed by atoms with Crippen molar-refractivity contribution in [1.82, 2.24) is 9.55 Å². The largest absolute Gasteiger partial charge is 0.299 e. The number of hydrogen-bond acceptors (Lipinski definition) is 2. The first-order valence-electron chi connectivity index (χ1n) is 7.17. The Hall–Kier alpha value is -2.75. The van der Waals surface area contributed by atoms with Crippen LogP contribution in [-0.2, 0) is 6.54 Å². The second-order valence-electron chi connectivity index (χ2n) is 5.34. The zero-order valence-corrected chi connectivity index (χ0v) is 12.1. The van der Waals surface area contributed by atoms with Crippen LogP contribution >= 0.6 is 0 Å². The molecule has 0 saturated carbocycles. The first-order valence-corrected chi connectivity index (χ1v) is 7.17. The van der Waals surface area contributed by atoms with Gasteiger partial charge in [0.1, 0.15) is 11.6 Å². The summed E-state index contributed by atoms with van der Waals surface area (Å²) < 4.78 is 15.3. The summed E-state index contributed by atoms with van der Waals surface area (Å²) >= 11 is 0. The number of rotatable bonds is 1. The number of nitrogens with zero attached hydrogens (tertiary/aromatic N) is 3. The summed E-state index contributed by atoms with van der Waals surface area (Å²) in [4.78, 5) is 9.18. The van der Waals surface area contributed by atoms with Crippen LogP contribution in [0.2, 0.25) is 0 Å². The molecule has 0 radical (unpaired) electrons. The Bertz CT molecular complexity index is 876. The van der Waals surface area contributed by atoms with Gasteiger partial charge in [0.05, 0.1) is 17.9 Å². The van der Waals surface area contributed by atoms with Crippen LogP contribution in [0.3, 0.4) is 0 Å². The minimum absolute atomic E-state index is 0.241. The molecule has 0 N–H and O–H groups in total. The monoisotopic (exact) mass is 291 g/mol. The van der Waals surface area contributed by atoms with Crippen LogP contribution in [0.5, 0.6) is 0 Å². The summed E-state index contributed by atoms with van der Waals surface area (Å²) in [5.74, 6) is 0.678. The Kier molecular flexibility index (Phi) is 2.89. The summed E-state index contributed by atoms with van der Waals surface area (Å²) in [7, 11) is 0. The van der Waals surface area contributed by atoms with Gasteiger partial charge in [0.25, 0.3) is 0 Å². The average Bonchev–Trinajstić information content (AvgIpc) is 2.82.